The number of anilines is 1. The van der Waals surface area contributed by atoms with Gasteiger partial charge in [-0.25, -0.2) is 4.39 Å². The van der Waals surface area contributed by atoms with Gasteiger partial charge in [-0.2, -0.15) is 0 Å². The molecule has 0 unspecified atom stereocenters. The van der Waals surface area contributed by atoms with E-state index in [-0.39, 0.29) is 11.7 Å². The van der Waals surface area contributed by atoms with Gasteiger partial charge in [0.05, 0.1) is 0 Å². The summed E-state index contributed by atoms with van der Waals surface area (Å²) in [6.45, 7) is 3.90. The van der Waals surface area contributed by atoms with Crippen molar-refractivity contribution >= 4 is 22.5 Å². The number of amides is 1. The van der Waals surface area contributed by atoms with Gasteiger partial charge in [0.15, 0.2) is 0 Å². The minimum atomic E-state index is -0.359. The van der Waals surface area contributed by atoms with Crippen LogP contribution in [0.3, 0.4) is 0 Å². The lowest BCUT2D eigenvalue weighted by Gasteiger charge is -2.17. The Hall–Kier alpha value is -3.38. The number of nitrogens with zero attached hydrogens (tertiary/aromatic N) is 2. The van der Waals surface area contributed by atoms with Crippen molar-refractivity contribution in [2.45, 2.75) is 19.9 Å². The summed E-state index contributed by atoms with van der Waals surface area (Å²) < 4.78 is 15.3. The number of fused-ring (bicyclic) bond motifs is 1. The minimum absolute atomic E-state index is 0.254. The Kier molecular flexibility index (Phi) is 5.91. The number of aromatic amines is 1. The number of likely N-dealkylation sites (N-methyl/N-ethyl adjacent to an activating group) is 1. The number of H-pyrrole nitrogens is 1. The van der Waals surface area contributed by atoms with Crippen molar-refractivity contribution in [3.8, 4) is 0 Å². The lowest BCUT2D eigenvalue weighted by atomic mass is 10.1. The quantitative estimate of drug-likeness (QED) is 0.449. The molecule has 31 heavy (non-hydrogen) atoms. The summed E-state index contributed by atoms with van der Waals surface area (Å²) in [7, 11) is 4.19. The van der Waals surface area contributed by atoms with Crippen molar-refractivity contribution in [1.82, 2.24) is 14.5 Å². The molecule has 4 rings (SSSR count). The summed E-state index contributed by atoms with van der Waals surface area (Å²) in [5.41, 5.74) is 5.88. The summed E-state index contributed by atoms with van der Waals surface area (Å²) in [6, 6.07) is 15.6. The molecule has 4 aromatic rings. The molecule has 0 radical (unpaired) electrons. The fourth-order valence-corrected chi connectivity index (χ4v) is 3.91. The summed E-state index contributed by atoms with van der Waals surface area (Å²) in [5.74, 6) is -0.613. The van der Waals surface area contributed by atoms with E-state index in [0.717, 1.165) is 41.8 Å². The van der Waals surface area contributed by atoms with Gasteiger partial charge in [0.1, 0.15) is 5.82 Å². The predicted octanol–water partition coefficient (Wildman–Crippen LogP) is 4.88. The van der Waals surface area contributed by atoms with Crippen LogP contribution in [0.25, 0.3) is 10.9 Å². The molecule has 6 heteroatoms. The zero-order valence-corrected chi connectivity index (χ0v) is 18.1. The molecule has 160 valence electrons. The maximum atomic E-state index is 13.1. The number of carbonyl (C=O) groups excluding carboxylic acids is 1. The van der Waals surface area contributed by atoms with Crippen LogP contribution in [0.1, 0.15) is 27.3 Å². The third kappa shape index (κ3) is 4.70. The van der Waals surface area contributed by atoms with Crippen molar-refractivity contribution in [2.75, 3.05) is 18.9 Å². The van der Waals surface area contributed by atoms with Crippen LogP contribution >= 0.6 is 0 Å². The van der Waals surface area contributed by atoms with Crippen molar-refractivity contribution in [3.05, 3.63) is 89.1 Å². The first-order valence-electron chi connectivity index (χ1n) is 10.4. The van der Waals surface area contributed by atoms with Gasteiger partial charge in [-0.3, -0.25) is 4.79 Å². The van der Waals surface area contributed by atoms with E-state index in [1.165, 1.54) is 35.5 Å². The van der Waals surface area contributed by atoms with Crippen LogP contribution in [0.15, 0.2) is 60.8 Å². The average Bonchev–Trinajstić information content (AvgIpc) is 3.28. The highest BCUT2D eigenvalue weighted by molar-refractivity contribution is 6.05. The van der Waals surface area contributed by atoms with Crippen molar-refractivity contribution in [1.29, 1.82) is 0 Å². The average molecular weight is 419 g/mol. The number of carbonyl (C=O) groups is 1. The second-order valence-electron chi connectivity index (χ2n) is 8.05. The first kappa shape index (κ1) is 20.9. The highest BCUT2D eigenvalue weighted by atomic mass is 19.1. The molecule has 5 nitrogen and oxygen atoms in total. The maximum absolute atomic E-state index is 13.1. The third-order valence-electron chi connectivity index (χ3n) is 5.71. The minimum Gasteiger partial charge on any atom is -0.358 e. The lowest BCUT2D eigenvalue weighted by Crippen LogP contribution is -2.22. The number of benzene rings is 2. The molecule has 0 fully saturated rings. The van der Waals surface area contributed by atoms with E-state index < -0.39 is 0 Å². The van der Waals surface area contributed by atoms with Gasteiger partial charge in [0.25, 0.3) is 5.91 Å². The van der Waals surface area contributed by atoms with Crippen LogP contribution in [-0.4, -0.2) is 34.0 Å². The Morgan fingerprint density at radius 3 is 2.65 bits per heavy atom. The van der Waals surface area contributed by atoms with Crippen LogP contribution in [0.5, 0.6) is 0 Å². The fourth-order valence-electron chi connectivity index (χ4n) is 3.91. The lowest BCUT2D eigenvalue weighted by molar-refractivity contribution is 0.102. The predicted molar refractivity (Wildman–Crippen MR) is 123 cm³/mol. The smallest absolute Gasteiger partial charge is 0.255 e. The van der Waals surface area contributed by atoms with Crippen LogP contribution in [0, 0.1) is 12.7 Å². The number of hydrogen-bond acceptors (Lipinski definition) is 2. The molecule has 2 aromatic carbocycles. The van der Waals surface area contributed by atoms with Crippen molar-refractivity contribution in [2.24, 2.45) is 7.05 Å². The van der Waals surface area contributed by atoms with Gasteiger partial charge in [-0.05, 0) is 80.6 Å². The molecule has 0 aliphatic carbocycles. The highest BCUT2D eigenvalue weighted by Crippen LogP contribution is 2.26. The highest BCUT2D eigenvalue weighted by Gasteiger charge is 2.13. The van der Waals surface area contributed by atoms with Gasteiger partial charge in [0, 0.05) is 59.9 Å². The Morgan fingerprint density at radius 1 is 1.16 bits per heavy atom. The number of halogens is 1. The van der Waals surface area contributed by atoms with E-state index >= 15 is 0 Å². The number of aryl methyl sites for hydroxylation is 2. The fraction of sp³-hybridized carbons (Fsp3) is 0.240. The van der Waals surface area contributed by atoms with E-state index in [1.807, 2.05) is 18.2 Å². The molecule has 0 saturated carbocycles. The molecule has 0 saturated heterocycles. The number of nitrogens with one attached hydrogen (secondary N) is 2. The number of rotatable bonds is 7. The second kappa shape index (κ2) is 8.78. The molecule has 1 amide bonds. The van der Waals surface area contributed by atoms with Crippen LogP contribution in [-0.2, 0) is 20.0 Å². The Morgan fingerprint density at radius 2 is 1.94 bits per heavy atom. The Bertz CT molecular complexity index is 1210. The molecule has 2 aromatic heterocycles. The van der Waals surface area contributed by atoms with Gasteiger partial charge >= 0.3 is 0 Å². The molecule has 0 bridgehead atoms. The van der Waals surface area contributed by atoms with Gasteiger partial charge in [0.2, 0.25) is 0 Å². The SMILES string of the molecule is Cc1[nH]c2ccc(NC(=O)c3ccc(F)cc3)cc2c1CCN(C)Cc1cccn1C. The van der Waals surface area contributed by atoms with Crippen LogP contribution in [0.4, 0.5) is 10.1 Å². The summed E-state index contributed by atoms with van der Waals surface area (Å²) >= 11 is 0. The summed E-state index contributed by atoms with van der Waals surface area (Å²) in [6.07, 6.45) is 2.97. The van der Waals surface area contributed by atoms with E-state index in [2.05, 4.69) is 59.1 Å². The van der Waals surface area contributed by atoms with E-state index in [4.69, 9.17) is 0 Å². The standard InChI is InChI=1S/C25H27FN4O/c1-17-22(12-14-29(2)16-21-5-4-13-30(21)3)23-15-20(10-11-24(23)27-17)28-25(31)18-6-8-19(26)9-7-18/h4-11,13,15,27H,12,14,16H2,1-3H3,(H,28,31). The zero-order chi connectivity index (χ0) is 22.0. The maximum Gasteiger partial charge on any atom is 0.255 e. The van der Waals surface area contributed by atoms with Crippen molar-refractivity contribution in [3.63, 3.8) is 0 Å². The van der Waals surface area contributed by atoms with Gasteiger partial charge in [-0.15, -0.1) is 0 Å². The van der Waals surface area contributed by atoms with E-state index in [1.54, 1.807) is 0 Å². The molecule has 0 aliphatic rings. The topological polar surface area (TPSA) is 53.1 Å². The summed E-state index contributed by atoms with van der Waals surface area (Å²) in [5, 5.41) is 4.03. The van der Waals surface area contributed by atoms with E-state index in [0.29, 0.717) is 5.56 Å². The first-order chi connectivity index (χ1) is 14.9. The molecule has 2 N–H and O–H groups in total. The molecule has 0 aliphatic heterocycles. The largest absolute Gasteiger partial charge is 0.358 e. The summed E-state index contributed by atoms with van der Waals surface area (Å²) in [4.78, 5) is 18.3. The molecule has 2 heterocycles. The van der Waals surface area contributed by atoms with Crippen molar-refractivity contribution < 1.29 is 9.18 Å². The third-order valence-corrected chi connectivity index (χ3v) is 5.71. The van der Waals surface area contributed by atoms with Gasteiger partial charge < -0.3 is 19.8 Å². The number of aromatic nitrogens is 2. The number of hydrogen-bond donors (Lipinski definition) is 2. The Labute approximate surface area is 181 Å². The van der Waals surface area contributed by atoms with E-state index in [9.17, 15) is 9.18 Å². The molecular formula is C25H27FN4O. The molecule has 0 spiro atoms. The van der Waals surface area contributed by atoms with Crippen LogP contribution < -0.4 is 5.32 Å². The molecule has 0 atom stereocenters. The van der Waals surface area contributed by atoms with Gasteiger partial charge in [-0.1, -0.05) is 0 Å². The normalized spacial score (nSPS) is 11.4. The Balaban J connectivity index is 1.48. The van der Waals surface area contributed by atoms with Crippen LogP contribution in [0.2, 0.25) is 0 Å². The first-order valence-corrected chi connectivity index (χ1v) is 10.4. The monoisotopic (exact) mass is 418 g/mol. The zero-order valence-electron chi connectivity index (χ0n) is 18.1. The molecular weight excluding hydrogens is 391 g/mol. The second-order valence-corrected chi connectivity index (χ2v) is 8.05.